The van der Waals surface area contributed by atoms with Crippen LogP contribution in [0.1, 0.15) is 11.1 Å². The lowest BCUT2D eigenvalue weighted by molar-refractivity contribution is 0.612. The number of anilines is 3. The highest BCUT2D eigenvalue weighted by Gasteiger charge is 2.19. The minimum absolute atomic E-state index is 0.212. The third-order valence-electron chi connectivity index (χ3n) is 4.99. The summed E-state index contributed by atoms with van der Waals surface area (Å²) in [6.45, 7) is 6.10. The van der Waals surface area contributed by atoms with Crippen molar-refractivity contribution in [3.05, 3.63) is 77.7 Å². The minimum atomic E-state index is -0.212. The Hall–Kier alpha value is -3.15. The number of rotatable bonds is 5. The van der Waals surface area contributed by atoms with Crippen molar-refractivity contribution in [2.24, 2.45) is 0 Å². The van der Waals surface area contributed by atoms with Crippen molar-refractivity contribution in [1.82, 2.24) is 9.97 Å². The van der Waals surface area contributed by atoms with Gasteiger partial charge in [-0.15, -0.1) is 0 Å². The molecule has 2 aromatic carbocycles. The molecule has 0 unspecified atom stereocenters. The minimum Gasteiger partial charge on any atom is -0.368 e. The third kappa shape index (κ3) is 4.22. The van der Waals surface area contributed by atoms with E-state index < -0.39 is 0 Å². The Morgan fingerprint density at radius 3 is 2.54 bits per heavy atom. The number of benzene rings is 2. The van der Waals surface area contributed by atoms with Gasteiger partial charge in [-0.3, -0.25) is 0 Å². The number of hydrogen-bond donors (Lipinski definition) is 1. The first kappa shape index (κ1) is 18.2. The Balaban J connectivity index is 1.38. The first-order valence-corrected chi connectivity index (χ1v) is 9.56. The molecule has 1 fully saturated rings. The van der Waals surface area contributed by atoms with Crippen molar-refractivity contribution in [1.29, 1.82) is 0 Å². The summed E-state index contributed by atoms with van der Waals surface area (Å²) in [5.41, 5.74) is 3.16. The number of aromatic nitrogens is 2. The van der Waals surface area contributed by atoms with E-state index in [2.05, 4.69) is 56.3 Å². The van der Waals surface area contributed by atoms with E-state index in [-0.39, 0.29) is 5.82 Å². The second-order valence-corrected chi connectivity index (χ2v) is 7.00. The molecule has 5 nitrogen and oxygen atoms in total. The lowest BCUT2D eigenvalue weighted by atomic mass is 10.2. The molecule has 0 atom stereocenters. The van der Waals surface area contributed by atoms with Crippen molar-refractivity contribution in [2.75, 3.05) is 41.3 Å². The van der Waals surface area contributed by atoms with Gasteiger partial charge in [0.05, 0.1) is 0 Å². The average molecular weight is 377 g/mol. The van der Waals surface area contributed by atoms with Gasteiger partial charge in [0, 0.05) is 50.2 Å². The standard InChI is InChI=1S/C22H24FN5/c1-17-5-4-7-19(15-17)27-11-13-28(14-12-27)22-24-10-9-21(26-22)25-16-18-6-2-3-8-20(18)23/h2-10,15H,11-14,16H2,1H3,(H,24,25,26). The fraction of sp³-hybridized carbons (Fsp3) is 0.273. The third-order valence-corrected chi connectivity index (χ3v) is 4.99. The molecule has 28 heavy (non-hydrogen) atoms. The predicted molar refractivity (Wildman–Crippen MR) is 111 cm³/mol. The summed E-state index contributed by atoms with van der Waals surface area (Å²) >= 11 is 0. The summed E-state index contributed by atoms with van der Waals surface area (Å²) in [6.07, 6.45) is 1.75. The molecule has 1 aromatic heterocycles. The molecule has 0 spiro atoms. The van der Waals surface area contributed by atoms with Crippen LogP contribution in [0.3, 0.4) is 0 Å². The molecule has 6 heteroatoms. The van der Waals surface area contributed by atoms with Crippen LogP contribution in [0, 0.1) is 12.7 Å². The highest BCUT2D eigenvalue weighted by atomic mass is 19.1. The van der Waals surface area contributed by atoms with Crippen LogP contribution in [0.2, 0.25) is 0 Å². The fourth-order valence-corrected chi connectivity index (χ4v) is 3.42. The summed E-state index contributed by atoms with van der Waals surface area (Å²) in [5, 5.41) is 3.19. The molecule has 0 bridgehead atoms. The average Bonchev–Trinajstić information content (AvgIpc) is 2.73. The smallest absolute Gasteiger partial charge is 0.227 e. The van der Waals surface area contributed by atoms with Crippen LogP contribution in [-0.2, 0) is 6.54 Å². The molecule has 4 rings (SSSR count). The maximum atomic E-state index is 13.8. The normalized spacial score (nSPS) is 14.2. The zero-order valence-corrected chi connectivity index (χ0v) is 16.0. The Kier molecular flexibility index (Phi) is 5.37. The van der Waals surface area contributed by atoms with E-state index in [0.29, 0.717) is 23.9 Å². The van der Waals surface area contributed by atoms with Crippen LogP contribution in [0.15, 0.2) is 60.8 Å². The Labute approximate surface area is 164 Å². The van der Waals surface area contributed by atoms with E-state index in [4.69, 9.17) is 0 Å². The van der Waals surface area contributed by atoms with Gasteiger partial charge in [0.1, 0.15) is 11.6 Å². The molecule has 0 saturated carbocycles. The lowest BCUT2D eigenvalue weighted by Gasteiger charge is -2.36. The van der Waals surface area contributed by atoms with Crippen LogP contribution >= 0.6 is 0 Å². The summed E-state index contributed by atoms with van der Waals surface area (Å²) in [4.78, 5) is 13.6. The van der Waals surface area contributed by atoms with Crippen molar-refractivity contribution >= 4 is 17.5 Å². The number of nitrogens with zero attached hydrogens (tertiary/aromatic N) is 4. The zero-order chi connectivity index (χ0) is 19.3. The topological polar surface area (TPSA) is 44.3 Å². The number of hydrogen-bond acceptors (Lipinski definition) is 5. The molecule has 0 amide bonds. The number of halogens is 1. The van der Waals surface area contributed by atoms with Crippen molar-refractivity contribution < 1.29 is 4.39 Å². The maximum absolute atomic E-state index is 13.8. The SMILES string of the molecule is Cc1cccc(N2CCN(c3nccc(NCc4ccccc4F)n3)CC2)c1. The molecule has 0 radical (unpaired) electrons. The van der Waals surface area contributed by atoms with Crippen LogP contribution in [0.25, 0.3) is 0 Å². The van der Waals surface area contributed by atoms with Gasteiger partial charge >= 0.3 is 0 Å². The van der Waals surface area contributed by atoms with Gasteiger partial charge in [0.2, 0.25) is 5.95 Å². The van der Waals surface area contributed by atoms with Crippen molar-refractivity contribution in [2.45, 2.75) is 13.5 Å². The number of aryl methyl sites for hydroxylation is 1. The summed E-state index contributed by atoms with van der Waals surface area (Å²) in [5.74, 6) is 1.20. The summed E-state index contributed by atoms with van der Waals surface area (Å²) < 4.78 is 13.8. The monoisotopic (exact) mass is 377 g/mol. The van der Waals surface area contributed by atoms with Gasteiger partial charge in [-0.05, 0) is 36.8 Å². The molecule has 0 aliphatic carbocycles. The molecule has 1 aliphatic heterocycles. The van der Waals surface area contributed by atoms with Crippen LogP contribution < -0.4 is 15.1 Å². The fourth-order valence-electron chi connectivity index (χ4n) is 3.42. The Bertz CT molecular complexity index is 937. The zero-order valence-electron chi connectivity index (χ0n) is 16.0. The van der Waals surface area contributed by atoms with E-state index in [1.165, 1.54) is 17.3 Å². The van der Waals surface area contributed by atoms with Gasteiger partial charge in [0.15, 0.2) is 0 Å². The van der Waals surface area contributed by atoms with Gasteiger partial charge in [0.25, 0.3) is 0 Å². The van der Waals surface area contributed by atoms with Gasteiger partial charge < -0.3 is 15.1 Å². The second kappa shape index (κ2) is 8.25. The van der Waals surface area contributed by atoms with Gasteiger partial charge in [-0.25, -0.2) is 9.37 Å². The predicted octanol–water partition coefficient (Wildman–Crippen LogP) is 3.86. The molecule has 1 N–H and O–H groups in total. The van der Waals surface area contributed by atoms with Crippen molar-refractivity contribution in [3.63, 3.8) is 0 Å². The van der Waals surface area contributed by atoms with Gasteiger partial charge in [-0.2, -0.15) is 4.98 Å². The molecule has 3 aromatic rings. The van der Waals surface area contributed by atoms with Gasteiger partial charge in [-0.1, -0.05) is 30.3 Å². The van der Waals surface area contributed by atoms with E-state index >= 15 is 0 Å². The van der Waals surface area contributed by atoms with Crippen LogP contribution in [0.5, 0.6) is 0 Å². The van der Waals surface area contributed by atoms with E-state index in [9.17, 15) is 4.39 Å². The number of nitrogens with one attached hydrogen (secondary N) is 1. The molecule has 2 heterocycles. The maximum Gasteiger partial charge on any atom is 0.227 e. The molecular formula is C22H24FN5. The number of piperazine rings is 1. The molecule has 1 aliphatic rings. The Morgan fingerprint density at radius 1 is 0.964 bits per heavy atom. The first-order valence-electron chi connectivity index (χ1n) is 9.56. The largest absolute Gasteiger partial charge is 0.368 e. The highest BCUT2D eigenvalue weighted by Crippen LogP contribution is 2.20. The molecular weight excluding hydrogens is 353 g/mol. The molecule has 144 valence electrons. The lowest BCUT2D eigenvalue weighted by Crippen LogP contribution is -2.47. The van der Waals surface area contributed by atoms with Crippen LogP contribution in [-0.4, -0.2) is 36.1 Å². The van der Waals surface area contributed by atoms with E-state index in [1.807, 2.05) is 12.1 Å². The first-order chi connectivity index (χ1) is 13.7. The second-order valence-electron chi connectivity index (χ2n) is 7.00. The highest BCUT2D eigenvalue weighted by molar-refractivity contribution is 5.50. The van der Waals surface area contributed by atoms with E-state index in [0.717, 1.165) is 26.2 Å². The van der Waals surface area contributed by atoms with Crippen LogP contribution in [0.4, 0.5) is 21.8 Å². The summed E-state index contributed by atoms with van der Waals surface area (Å²) in [6, 6.07) is 17.2. The van der Waals surface area contributed by atoms with E-state index in [1.54, 1.807) is 18.3 Å². The molecule has 1 saturated heterocycles. The quantitative estimate of drug-likeness (QED) is 0.731. The van der Waals surface area contributed by atoms with Crippen molar-refractivity contribution in [3.8, 4) is 0 Å². The Morgan fingerprint density at radius 2 is 1.75 bits per heavy atom. The summed E-state index contributed by atoms with van der Waals surface area (Å²) in [7, 11) is 0.